The fourth-order valence-electron chi connectivity index (χ4n) is 3.53. The van der Waals surface area contributed by atoms with Gasteiger partial charge < -0.3 is 14.5 Å². The predicted octanol–water partition coefficient (Wildman–Crippen LogP) is 4.51. The SMILES string of the molecule is O=C(NC(N(Cc1ccccc1)C[C@@H]1CCCO1)(C(F)(F)F)C(F)(F)F)c1ccco1. The second-order valence-electron chi connectivity index (χ2n) is 7.14. The molecular weight excluding hydrogens is 430 g/mol. The molecule has 170 valence electrons. The number of rotatable bonds is 7. The Morgan fingerprint density at radius 2 is 1.71 bits per heavy atom. The molecule has 1 amide bonds. The largest absolute Gasteiger partial charge is 0.459 e. The lowest BCUT2D eigenvalue weighted by molar-refractivity contribution is -0.351. The van der Waals surface area contributed by atoms with Gasteiger partial charge in [0, 0.05) is 19.7 Å². The molecule has 2 heterocycles. The van der Waals surface area contributed by atoms with Crippen LogP contribution in [0.4, 0.5) is 26.3 Å². The van der Waals surface area contributed by atoms with E-state index in [2.05, 4.69) is 0 Å². The minimum Gasteiger partial charge on any atom is -0.459 e. The number of benzene rings is 1. The number of amides is 1. The summed E-state index contributed by atoms with van der Waals surface area (Å²) in [6, 6.07) is 9.59. The Kier molecular flexibility index (Phi) is 6.65. The van der Waals surface area contributed by atoms with Crippen LogP contribution in [-0.4, -0.2) is 48.1 Å². The van der Waals surface area contributed by atoms with Crippen LogP contribution in [-0.2, 0) is 11.3 Å². The van der Waals surface area contributed by atoms with Crippen LogP contribution in [0.15, 0.2) is 53.1 Å². The fraction of sp³-hybridized carbons (Fsp3) is 0.450. The van der Waals surface area contributed by atoms with Crippen LogP contribution in [0.1, 0.15) is 29.0 Å². The summed E-state index contributed by atoms with van der Waals surface area (Å²) in [6.45, 7) is -1.17. The van der Waals surface area contributed by atoms with Crippen molar-refractivity contribution in [3.63, 3.8) is 0 Å². The molecule has 0 bridgehead atoms. The van der Waals surface area contributed by atoms with Crippen molar-refractivity contribution in [2.45, 2.75) is 43.5 Å². The van der Waals surface area contributed by atoms with E-state index in [1.807, 2.05) is 0 Å². The van der Waals surface area contributed by atoms with E-state index in [0.29, 0.717) is 12.8 Å². The summed E-state index contributed by atoms with van der Waals surface area (Å²) in [6.07, 6.45) is -10.8. The highest BCUT2D eigenvalue weighted by Gasteiger charge is 2.75. The third-order valence-electron chi connectivity index (χ3n) is 5.00. The van der Waals surface area contributed by atoms with Crippen LogP contribution in [0.25, 0.3) is 0 Å². The molecule has 3 rings (SSSR count). The highest BCUT2D eigenvalue weighted by atomic mass is 19.4. The van der Waals surface area contributed by atoms with Gasteiger partial charge in [0.1, 0.15) is 0 Å². The first-order valence-corrected chi connectivity index (χ1v) is 9.44. The number of furan rings is 1. The molecule has 1 aromatic heterocycles. The minimum absolute atomic E-state index is 0.180. The van der Waals surface area contributed by atoms with Crippen molar-refractivity contribution in [1.82, 2.24) is 10.2 Å². The first kappa shape index (κ1) is 23.1. The summed E-state index contributed by atoms with van der Waals surface area (Å²) in [5, 5.41) is 1.19. The Labute approximate surface area is 174 Å². The van der Waals surface area contributed by atoms with Crippen molar-refractivity contribution in [2.24, 2.45) is 0 Å². The number of hydrogen-bond donors (Lipinski definition) is 1. The van der Waals surface area contributed by atoms with Crippen LogP contribution in [0.3, 0.4) is 0 Å². The number of ether oxygens (including phenoxy) is 1. The van der Waals surface area contributed by atoms with E-state index in [9.17, 15) is 31.1 Å². The van der Waals surface area contributed by atoms with Gasteiger partial charge in [0.25, 0.3) is 11.6 Å². The topological polar surface area (TPSA) is 54.7 Å². The van der Waals surface area contributed by atoms with E-state index in [-0.39, 0.29) is 17.1 Å². The zero-order valence-electron chi connectivity index (χ0n) is 16.2. The van der Waals surface area contributed by atoms with Gasteiger partial charge in [-0.3, -0.25) is 9.69 Å². The predicted molar refractivity (Wildman–Crippen MR) is 96.8 cm³/mol. The number of halogens is 6. The molecule has 0 radical (unpaired) electrons. The van der Waals surface area contributed by atoms with Gasteiger partial charge in [-0.05, 0) is 30.5 Å². The molecule has 31 heavy (non-hydrogen) atoms. The van der Waals surface area contributed by atoms with Gasteiger partial charge in [-0.1, -0.05) is 30.3 Å². The van der Waals surface area contributed by atoms with Crippen molar-refractivity contribution >= 4 is 5.91 Å². The summed E-state index contributed by atoms with van der Waals surface area (Å²) in [5.41, 5.74) is -4.45. The van der Waals surface area contributed by atoms with Gasteiger partial charge in [-0.25, -0.2) is 0 Å². The maximum atomic E-state index is 14.3. The molecule has 5 nitrogen and oxygen atoms in total. The quantitative estimate of drug-likeness (QED) is 0.498. The lowest BCUT2D eigenvalue weighted by atomic mass is 10.0. The Morgan fingerprint density at radius 1 is 1.03 bits per heavy atom. The number of nitrogens with zero attached hydrogens (tertiary/aromatic N) is 1. The third kappa shape index (κ3) is 4.87. The Hall–Kier alpha value is -2.53. The molecule has 1 atom stereocenters. The Morgan fingerprint density at radius 3 is 2.23 bits per heavy atom. The monoisotopic (exact) mass is 450 g/mol. The van der Waals surface area contributed by atoms with Crippen molar-refractivity contribution in [2.75, 3.05) is 13.2 Å². The van der Waals surface area contributed by atoms with E-state index in [1.54, 1.807) is 6.07 Å². The molecule has 1 aliphatic rings. The van der Waals surface area contributed by atoms with Crippen molar-refractivity contribution in [1.29, 1.82) is 0 Å². The molecule has 1 saturated heterocycles. The highest BCUT2D eigenvalue weighted by molar-refractivity contribution is 5.92. The molecule has 0 unspecified atom stereocenters. The molecule has 0 saturated carbocycles. The number of hydrogen-bond acceptors (Lipinski definition) is 4. The zero-order valence-corrected chi connectivity index (χ0v) is 16.2. The molecular formula is C20H20F6N2O3. The fourth-order valence-corrected chi connectivity index (χ4v) is 3.53. The lowest BCUT2D eigenvalue weighted by Gasteiger charge is -2.46. The minimum atomic E-state index is -5.90. The number of carbonyl (C=O) groups is 1. The standard InChI is InChI=1S/C20H20F6N2O3/c21-19(22,23)18(20(24,25)26,27-17(29)16-9-5-11-31-16)28(13-15-8-4-10-30-15)12-14-6-2-1-3-7-14/h1-3,5-7,9,11,15H,4,8,10,12-13H2,(H,27,29)/t15-/m0/s1. The second kappa shape index (κ2) is 8.91. The average molecular weight is 450 g/mol. The molecule has 11 heteroatoms. The second-order valence-corrected chi connectivity index (χ2v) is 7.14. The van der Waals surface area contributed by atoms with Crippen molar-refractivity contribution < 1.29 is 40.3 Å². The number of carbonyl (C=O) groups excluding carboxylic acids is 1. The Balaban J connectivity index is 2.08. The molecule has 1 N–H and O–H groups in total. The lowest BCUT2D eigenvalue weighted by Crippen LogP contribution is -2.76. The zero-order chi connectivity index (χ0) is 22.7. The summed E-state index contributed by atoms with van der Waals surface area (Å²) in [4.78, 5) is 12.5. The maximum absolute atomic E-state index is 14.3. The molecule has 0 spiro atoms. The highest BCUT2D eigenvalue weighted by Crippen LogP contribution is 2.46. The Bertz CT molecular complexity index is 832. The summed E-state index contributed by atoms with van der Waals surface area (Å²) in [7, 11) is 0. The first-order chi connectivity index (χ1) is 14.5. The molecule has 2 aromatic rings. The first-order valence-electron chi connectivity index (χ1n) is 9.44. The van der Waals surface area contributed by atoms with Gasteiger partial charge in [0.2, 0.25) is 0 Å². The van der Waals surface area contributed by atoms with Crippen LogP contribution >= 0.6 is 0 Å². The van der Waals surface area contributed by atoms with E-state index in [0.717, 1.165) is 12.3 Å². The van der Waals surface area contributed by atoms with E-state index in [1.165, 1.54) is 35.6 Å². The molecule has 0 aliphatic carbocycles. The smallest absolute Gasteiger partial charge is 0.434 e. The molecule has 1 aromatic carbocycles. The summed E-state index contributed by atoms with van der Waals surface area (Å²) >= 11 is 0. The van der Waals surface area contributed by atoms with Crippen LogP contribution in [0.5, 0.6) is 0 Å². The average Bonchev–Trinajstić information content (AvgIpc) is 3.38. The van der Waals surface area contributed by atoms with E-state index < -0.39 is 48.9 Å². The number of alkyl halides is 6. The number of nitrogens with one attached hydrogen (secondary N) is 1. The van der Waals surface area contributed by atoms with Crippen molar-refractivity contribution in [3.05, 3.63) is 60.1 Å². The van der Waals surface area contributed by atoms with Gasteiger partial charge in [0.15, 0.2) is 5.76 Å². The van der Waals surface area contributed by atoms with Gasteiger partial charge in [0.05, 0.1) is 12.4 Å². The molecule has 1 aliphatic heterocycles. The summed E-state index contributed by atoms with van der Waals surface area (Å²) in [5.74, 6) is -2.31. The van der Waals surface area contributed by atoms with Crippen LogP contribution < -0.4 is 5.32 Å². The van der Waals surface area contributed by atoms with Crippen LogP contribution in [0, 0.1) is 0 Å². The van der Waals surface area contributed by atoms with Crippen molar-refractivity contribution in [3.8, 4) is 0 Å². The van der Waals surface area contributed by atoms with Gasteiger partial charge in [-0.2, -0.15) is 26.3 Å². The van der Waals surface area contributed by atoms with Gasteiger partial charge >= 0.3 is 12.4 Å². The normalized spacial score (nSPS) is 17.8. The third-order valence-corrected chi connectivity index (χ3v) is 5.00. The van der Waals surface area contributed by atoms with Crippen LogP contribution in [0.2, 0.25) is 0 Å². The molecule has 1 fully saturated rings. The van der Waals surface area contributed by atoms with E-state index in [4.69, 9.17) is 9.15 Å². The summed E-state index contributed by atoms with van der Waals surface area (Å²) < 4.78 is 95.5. The maximum Gasteiger partial charge on any atom is 0.434 e. The van der Waals surface area contributed by atoms with Gasteiger partial charge in [-0.15, -0.1) is 0 Å². The van der Waals surface area contributed by atoms with E-state index >= 15 is 0 Å².